The smallest absolute Gasteiger partial charge is 0.146 e. The van der Waals surface area contributed by atoms with Crippen molar-refractivity contribution in [3.05, 3.63) is 30.1 Å². The number of benzene rings is 1. The first-order valence-corrected chi connectivity index (χ1v) is 6.39. The zero-order chi connectivity index (χ0) is 13.0. The minimum absolute atomic E-state index is 0.0813. The van der Waals surface area contributed by atoms with Gasteiger partial charge in [-0.25, -0.2) is 4.39 Å². The van der Waals surface area contributed by atoms with Crippen molar-refractivity contribution in [3.8, 4) is 0 Å². The lowest BCUT2D eigenvalue weighted by atomic mass is 9.87. The largest absolute Gasteiger partial charge is 0.396 e. The highest BCUT2D eigenvalue weighted by Crippen LogP contribution is 2.31. The van der Waals surface area contributed by atoms with Gasteiger partial charge in [0.15, 0.2) is 0 Å². The van der Waals surface area contributed by atoms with Gasteiger partial charge in [0.2, 0.25) is 0 Å². The highest BCUT2D eigenvalue weighted by atomic mass is 19.1. The van der Waals surface area contributed by atoms with Crippen LogP contribution in [0.25, 0.3) is 0 Å². The summed E-state index contributed by atoms with van der Waals surface area (Å²) in [7, 11) is 0. The van der Waals surface area contributed by atoms with Crippen LogP contribution in [0.5, 0.6) is 0 Å². The molecule has 0 amide bonds. The third-order valence-electron chi connectivity index (χ3n) is 3.62. The van der Waals surface area contributed by atoms with Crippen LogP contribution >= 0.6 is 0 Å². The van der Waals surface area contributed by atoms with E-state index in [2.05, 4.69) is 0 Å². The monoisotopic (exact) mass is 253 g/mol. The molecule has 18 heavy (non-hydrogen) atoms. The number of para-hydroxylation sites is 1. The molecular weight excluding hydrogens is 233 g/mol. The van der Waals surface area contributed by atoms with Crippen LogP contribution in [-0.2, 0) is 4.74 Å². The number of hydrogen-bond acceptors (Lipinski definition) is 3. The van der Waals surface area contributed by atoms with Gasteiger partial charge in [-0.1, -0.05) is 12.1 Å². The van der Waals surface area contributed by atoms with Crippen LogP contribution in [0.1, 0.15) is 13.3 Å². The van der Waals surface area contributed by atoms with E-state index in [9.17, 15) is 9.50 Å². The molecule has 1 saturated heterocycles. The van der Waals surface area contributed by atoms with E-state index >= 15 is 0 Å². The maximum Gasteiger partial charge on any atom is 0.146 e. The predicted molar refractivity (Wildman–Crippen MR) is 69.2 cm³/mol. The number of rotatable bonds is 5. The van der Waals surface area contributed by atoms with Crippen LogP contribution in [0.4, 0.5) is 10.1 Å². The molecule has 0 spiro atoms. The molecule has 1 aliphatic rings. The van der Waals surface area contributed by atoms with Crippen molar-refractivity contribution in [2.24, 2.45) is 5.41 Å². The summed E-state index contributed by atoms with van der Waals surface area (Å²) in [6.07, 6.45) is 0.828. The number of aliphatic hydroxyl groups excluding tert-OH is 1. The zero-order valence-electron chi connectivity index (χ0n) is 10.7. The quantitative estimate of drug-likeness (QED) is 0.871. The minimum Gasteiger partial charge on any atom is -0.396 e. The van der Waals surface area contributed by atoms with Crippen molar-refractivity contribution in [1.82, 2.24) is 0 Å². The number of nitrogens with zero attached hydrogens (tertiary/aromatic N) is 1. The molecule has 1 aliphatic heterocycles. The van der Waals surface area contributed by atoms with Gasteiger partial charge in [0.1, 0.15) is 5.82 Å². The molecule has 1 atom stereocenters. The van der Waals surface area contributed by atoms with Gasteiger partial charge in [-0.3, -0.25) is 0 Å². The zero-order valence-corrected chi connectivity index (χ0v) is 10.7. The highest BCUT2D eigenvalue weighted by molar-refractivity contribution is 5.47. The highest BCUT2D eigenvalue weighted by Gasteiger charge is 2.36. The summed E-state index contributed by atoms with van der Waals surface area (Å²) < 4.78 is 19.2. The fourth-order valence-electron chi connectivity index (χ4n) is 2.43. The van der Waals surface area contributed by atoms with Gasteiger partial charge < -0.3 is 14.7 Å². The SMILES string of the molecule is CCN(CC1(CO)CCOC1)c1ccccc1F. The molecule has 1 heterocycles. The summed E-state index contributed by atoms with van der Waals surface area (Å²) in [5.41, 5.74) is 0.345. The number of anilines is 1. The lowest BCUT2D eigenvalue weighted by Gasteiger charge is -2.33. The summed E-state index contributed by atoms with van der Waals surface area (Å²) in [6, 6.07) is 6.76. The van der Waals surface area contributed by atoms with E-state index < -0.39 is 0 Å². The van der Waals surface area contributed by atoms with Crippen LogP contribution in [0.2, 0.25) is 0 Å². The Kier molecular flexibility index (Phi) is 4.19. The van der Waals surface area contributed by atoms with Crippen LogP contribution < -0.4 is 4.90 Å². The van der Waals surface area contributed by atoms with Crippen molar-refractivity contribution in [3.63, 3.8) is 0 Å². The second-order valence-corrected chi connectivity index (χ2v) is 4.93. The molecule has 0 aromatic heterocycles. The summed E-state index contributed by atoms with van der Waals surface area (Å²) in [6.45, 7) is 4.64. The Bertz CT molecular complexity index is 391. The number of hydrogen-bond donors (Lipinski definition) is 1. The van der Waals surface area contributed by atoms with E-state index in [4.69, 9.17) is 4.74 Å². The lowest BCUT2D eigenvalue weighted by molar-refractivity contribution is 0.0978. The molecule has 1 N–H and O–H groups in total. The fraction of sp³-hybridized carbons (Fsp3) is 0.571. The van der Waals surface area contributed by atoms with Crippen LogP contribution in [-0.4, -0.2) is 38.0 Å². The molecule has 0 saturated carbocycles. The second-order valence-electron chi connectivity index (χ2n) is 4.93. The fourth-order valence-corrected chi connectivity index (χ4v) is 2.43. The first-order chi connectivity index (χ1) is 8.71. The molecule has 1 aromatic carbocycles. The van der Waals surface area contributed by atoms with Crippen molar-refractivity contribution < 1.29 is 14.2 Å². The summed E-state index contributed by atoms with van der Waals surface area (Å²) in [5, 5.41) is 9.58. The van der Waals surface area contributed by atoms with Crippen molar-refractivity contribution in [1.29, 1.82) is 0 Å². The topological polar surface area (TPSA) is 32.7 Å². The third kappa shape index (κ3) is 2.65. The Labute approximate surface area is 107 Å². The van der Waals surface area contributed by atoms with Gasteiger partial charge in [-0.05, 0) is 25.5 Å². The standard InChI is InChI=1S/C14H20FNO2/c1-2-16(13-6-4-3-5-12(13)15)9-14(10-17)7-8-18-11-14/h3-6,17H,2,7-11H2,1H3. The Balaban J connectivity index is 2.17. The van der Waals surface area contributed by atoms with E-state index in [1.807, 2.05) is 17.9 Å². The lowest BCUT2D eigenvalue weighted by Crippen LogP contribution is -2.41. The van der Waals surface area contributed by atoms with Crippen LogP contribution in [0.15, 0.2) is 24.3 Å². The Morgan fingerprint density at radius 2 is 2.22 bits per heavy atom. The molecule has 3 nitrogen and oxygen atoms in total. The number of halogens is 1. The third-order valence-corrected chi connectivity index (χ3v) is 3.62. The van der Waals surface area contributed by atoms with Crippen LogP contribution in [0, 0.1) is 11.2 Å². The molecule has 1 aromatic rings. The molecule has 100 valence electrons. The Hall–Kier alpha value is -1.13. The molecule has 4 heteroatoms. The van der Waals surface area contributed by atoms with E-state index in [1.54, 1.807) is 12.1 Å². The summed E-state index contributed by atoms with van der Waals surface area (Å²) in [4.78, 5) is 1.97. The van der Waals surface area contributed by atoms with E-state index in [1.165, 1.54) is 6.07 Å². The van der Waals surface area contributed by atoms with Gasteiger partial charge in [-0.15, -0.1) is 0 Å². The Morgan fingerprint density at radius 3 is 2.78 bits per heavy atom. The van der Waals surface area contributed by atoms with E-state index in [0.717, 1.165) is 6.42 Å². The molecular formula is C14H20FNO2. The van der Waals surface area contributed by atoms with Gasteiger partial charge >= 0.3 is 0 Å². The van der Waals surface area contributed by atoms with Crippen molar-refractivity contribution >= 4 is 5.69 Å². The van der Waals surface area contributed by atoms with Gasteiger partial charge in [-0.2, -0.15) is 0 Å². The normalized spacial score (nSPS) is 23.3. The van der Waals surface area contributed by atoms with Gasteiger partial charge in [0, 0.05) is 25.1 Å². The molecule has 0 radical (unpaired) electrons. The van der Waals surface area contributed by atoms with E-state index in [-0.39, 0.29) is 17.8 Å². The predicted octanol–water partition coefficient (Wildman–Crippen LogP) is 2.05. The first-order valence-electron chi connectivity index (χ1n) is 6.39. The summed E-state index contributed by atoms with van der Waals surface area (Å²) >= 11 is 0. The second kappa shape index (κ2) is 5.67. The molecule has 0 bridgehead atoms. The van der Waals surface area contributed by atoms with Gasteiger partial charge in [0.05, 0.1) is 18.9 Å². The maximum absolute atomic E-state index is 13.8. The molecule has 0 aliphatic carbocycles. The average molecular weight is 253 g/mol. The average Bonchev–Trinajstić information content (AvgIpc) is 2.86. The van der Waals surface area contributed by atoms with E-state index in [0.29, 0.717) is 32.0 Å². The summed E-state index contributed by atoms with van der Waals surface area (Å²) in [5.74, 6) is -0.216. The van der Waals surface area contributed by atoms with Gasteiger partial charge in [0.25, 0.3) is 0 Å². The number of ether oxygens (including phenoxy) is 1. The minimum atomic E-state index is -0.252. The molecule has 2 rings (SSSR count). The molecule has 1 unspecified atom stereocenters. The molecule has 1 fully saturated rings. The number of aliphatic hydroxyl groups is 1. The van der Waals surface area contributed by atoms with Crippen LogP contribution in [0.3, 0.4) is 0 Å². The first kappa shape index (κ1) is 13.3. The maximum atomic E-state index is 13.8. The van der Waals surface area contributed by atoms with Crippen molar-refractivity contribution in [2.45, 2.75) is 13.3 Å². The van der Waals surface area contributed by atoms with Crippen molar-refractivity contribution in [2.75, 3.05) is 37.8 Å². The Morgan fingerprint density at radius 1 is 1.44 bits per heavy atom.